The van der Waals surface area contributed by atoms with E-state index in [0.717, 1.165) is 0 Å². The molecule has 45 heavy (non-hydrogen) atoms. The summed E-state index contributed by atoms with van der Waals surface area (Å²) in [5.74, 6) is 0. The molecule has 0 aliphatic carbocycles. The van der Waals surface area contributed by atoms with Crippen molar-refractivity contribution in [3.05, 3.63) is 21.9 Å². The van der Waals surface area contributed by atoms with Gasteiger partial charge in [0.1, 0.15) is 8.07 Å². The molecule has 6 nitrogen and oxygen atoms in total. The van der Waals surface area contributed by atoms with Gasteiger partial charge in [0.25, 0.3) is 0 Å². The normalized spacial score (nSPS) is 14.3. The number of fused-ring (bicyclic) bond motifs is 3. The zero-order valence-electron chi connectivity index (χ0n) is 30.9. The molecular weight excluding hydrogens is 609 g/mol. The molecule has 0 saturated heterocycles. The van der Waals surface area contributed by atoms with Crippen molar-refractivity contribution in [1.29, 1.82) is 0 Å². The molecule has 0 amide bonds. The van der Waals surface area contributed by atoms with Crippen molar-refractivity contribution >= 4 is 41.1 Å². The molecule has 0 saturated carbocycles. The van der Waals surface area contributed by atoms with Gasteiger partial charge in [-0.25, -0.2) is 0 Å². The van der Waals surface area contributed by atoms with Gasteiger partial charge in [0.2, 0.25) is 0 Å². The van der Waals surface area contributed by atoms with Crippen LogP contribution in [0.2, 0.25) is 12.1 Å². The Morgan fingerprint density at radius 1 is 0.444 bits per heavy atom. The summed E-state index contributed by atoms with van der Waals surface area (Å²) in [5.41, 5.74) is 0. The summed E-state index contributed by atoms with van der Waals surface area (Å²) in [4.78, 5) is 21.3. The first-order valence-corrected chi connectivity index (χ1v) is 21.7. The average molecular weight is 677 g/mol. The number of aryl methyl sites for hydroxylation is 2. The molecule has 0 aromatic carbocycles. The van der Waals surface area contributed by atoms with Gasteiger partial charge in [0, 0.05) is 19.5 Å². The predicted molar refractivity (Wildman–Crippen MR) is 207 cm³/mol. The fraction of sp³-hybridized carbons (Fsp3) is 0.778. The molecule has 3 heterocycles. The molecule has 258 valence electrons. The lowest BCUT2D eigenvalue weighted by molar-refractivity contribution is 0.240. The van der Waals surface area contributed by atoms with Crippen LogP contribution in [0.15, 0.2) is 12.1 Å². The van der Waals surface area contributed by atoms with Crippen LogP contribution in [0.4, 0.5) is 0 Å². The van der Waals surface area contributed by atoms with Crippen LogP contribution < -0.4 is 10.4 Å². The standard InChI is InChI=1S/C36H68N6S2Si/c1-31-29-33-35(43-31)36-34(30-32(2)44-36)45(33,27-15-25-41(21-11-17-37(3)4)22-12-18-38(5)6)28-16-26-42(23-13-19-39(7)8)24-14-20-40(9)10/h29-30H,11-28H2,1-10H3. The van der Waals surface area contributed by atoms with E-state index >= 15 is 0 Å². The molecule has 0 atom stereocenters. The Balaban J connectivity index is 1.77. The maximum atomic E-state index is 2.79. The summed E-state index contributed by atoms with van der Waals surface area (Å²) < 4.78 is 0. The minimum atomic E-state index is -1.83. The number of hydrogen-bond donors (Lipinski definition) is 0. The average Bonchev–Trinajstić information content (AvgIpc) is 3.58. The van der Waals surface area contributed by atoms with Crippen LogP contribution >= 0.6 is 22.7 Å². The van der Waals surface area contributed by atoms with Gasteiger partial charge in [-0.05, 0) is 209 Å². The zero-order chi connectivity index (χ0) is 33.0. The van der Waals surface area contributed by atoms with Gasteiger partial charge in [-0.15, -0.1) is 22.7 Å². The van der Waals surface area contributed by atoms with Crippen molar-refractivity contribution in [3.63, 3.8) is 0 Å². The monoisotopic (exact) mass is 676 g/mol. The summed E-state index contributed by atoms with van der Waals surface area (Å²) >= 11 is 4.15. The van der Waals surface area contributed by atoms with Crippen LogP contribution in [-0.4, -0.2) is 159 Å². The lowest BCUT2D eigenvalue weighted by Crippen LogP contribution is -2.55. The first-order valence-electron chi connectivity index (χ1n) is 17.7. The van der Waals surface area contributed by atoms with E-state index in [4.69, 9.17) is 0 Å². The molecule has 1 aliphatic heterocycles. The SMILES string of the molecule is Cc1cc2c(s1)-c1sc(C)cc1[Si]2(CCCN(CCCN(C)C)CCCN(C)C)CCCN(CCCN(C)C)CCCN(C)C. The number of thiophene rings is 2. The van der Waals surface area contributed by atoms with Gasteiger partial charge in [0.05, 0.1) is 0 Å². The van der Waals surface area contributed by atoms with Gasteiger partial charge in [0.15, 0.2) is 0 Å². The second-order valence-electron chi connectivity index (χ2n) is 14.8. The topological polar surface area (TPSA) is 19.4 Å². The molecule has 0 unspecified atom stereocenters. The quantitative estimate of drug-likeness (QED) is 0.142. The van der Waals surface area contributed by atoms with Crippen molar-refractivity contribution in [1.82, 2.24) is 29.4 Å². The second-order valence-corrected chi connectivity index (χ2v) is 21.6. The molecule has 2 aromatic heterocycles. The molecule has 0 spiro atoms. The summed E-state index contributed by atoms with van der Waals surface area (Å²) in [6, 6.07) is 8.06. The van der Waals surface area contributed by atoms with Crippen LogP contribution in [0.5, 0.6) is 0 Å². The highest BCUT2D eigenvalue weighted by Gasteiger charge is 2.47. The van der Waals surface area contributed by atoms with E-state index in [9.17, 15) is 0 Å². The van der Waals surface area contributed by atoms with Gasteiger partial charge in [-0.2, -0.15) is 0 Å². The summed E-state index contributed by atoms with van der Waals surface area (Å²) in [5, 5.41) is 3.59. The molecular formula is C36H68N6S2Si. The molecule has 0 fully saturated rings. The molecule has 1 aliphatic rings. The van der Waals surface area contributed by atoms with Gasteiger partial charge in [-0.1, -0.05) is 0 Å². The maximum Gasteiger partial charge on any atom is 0.122 e. The van der Waals surface area contributed by atoms with Crippen LogP contribution in [0.25, 0.3) is 9.75 Å². The Labute approximate surface area is 287 Å². The Bertz CT molecular complexity index is 997. The Morgan fingerprint density at radius 2 is 0.733 bits per heavy atom. The fourth-order valence-corrected chi connectivity index (χ4v) is 16.3. The highest BCUT2D eigenvalue weighted by Crippen LogP contribution is 2.42. The highest BCUT2D eigenvalue weighted by molar-refractivity contribution is 7.29. The smallest absolute Gasteiger partial charge is 0.122 e. The van der Waals surface area contributed by atoms with Crippen molar-refractivity contribution < 1.29 is 0 Å². The third-order valence-corrected chi connectivity index (χ3v) is 17.3. The third-order valence-electron chi connectivity index (χ3n) is 9.42. The minimum absolute atomic E-state index is 1.18. The van der Waals surface area contributed by atoms with Gasteiger partial charge in [-0.3, -0.25) is 0 Å². The molecule has 2 aromatic rings. The van der Waals surface area contributed by atoms with E-state index < -0.39 is 8.07 Å². The van der Waals surface area contributed by atoms with E-state index in [-0.39, 0.29) is 0 Å². The molecule has 9 heteroatoms. The van der Waals surface area contributed by atoms with Crippen LogP contribution in [0.3, 0.4) is 0 Å². The lowest BCUT2D eigenvalue weighted by Gasteiger charge is -2.32. The van der Waals surface area contributed by atoms with E-state index in [1.165, 1.54) is 126 Å². The zero-order valence-corrected chi connectivity index (χ0v) is 33.5. The van der Waals surface area contributed by atoms with Gasteiger partial charge >= 0.3 is 0 Å². The largest absolute Gasteiger partial charge is 0.309 e. The maximum absolute atomic E-state index is 2.79. The van der Waals surface area contributed by atoms with E-state index in [2.05, 4.69) is 134 Å². The third kappa shape index (κ3) is 12.4. The van der Waals surface area contributed by atoms with Crippen LogP contribution in [-0.2, 0) is 0 Å². The Hall–Kier alpha value is -0.623. The minimum Gasteiger partial charge on any atom is -0.309 e. The molecule has 3 rings (SSSR count). The van der Waals surface area contributed by atoms with E-state index in [1.807, 2.05) is 0 Å². The lowest BCUT2D eigenvalue weighted by atomic mass is 10.3. The van der Waals surface area contributed by atoms with Crippen molar-refractivity contribution in [3.8, 4) is 9.75 Å². The Kier molecular flexibility index (Phi) is 16.7. The summed E-state index contributed by atoms with van der Waals surface area (Å²) in [6.07, 6.45) is 7.70. The second kappa shape index (κ2) is 19.4. The van der Waals surface area contributed by atoms with Crippen molar-refractivity contribution in [2.24, 2.45) is 0 Å². The van der Waals surface area contributed by atoms with Crippen molar-refractivity contribution in [2.75, 3.05) is 122 Å². The summed E-state index contributed by atoms with van der Waals surface area (Å²) in [7, 11) is 15.8. The molecule has 0 radical (unpaired) electrons. The number of hydrogen-bond acceptors (Lipinski definition) is 8. The number of nitrogens with zero attached hydrogens (tertiary/aromatic N) is 6. The van der Waals surface area contributed by atoms with Gasteiger partial charge < -0.3 is 29.4 Å². The van der Waals surface area contributed by atoms with Crippen molar-refractivity contribution in [2.45, 2.75) is 64.5 Å². The predicted octanol–water partition coefficient (Wildman–Crippen LogP) is 5.16. The van der Waals surface area contributed by atoms with Crippen LogP contribution in [0.1, 0.15) is 48.3 Å². The number of rotatable bonds is 24. The fourth-order valence-electron chi connectivity index (χ4n) is 7.21. The first-order chi connectivity index (χ1) is 21.4. The highest BCUT2D eigenvalue weighted by atomic mass is 32.1. The Morgan fingerprint density at radius 3 is 1.02 bits per heavy atom. The van der Waals surface area contributed by atoms with Crippen LogP contribution in [0, 0.1) is 13.8 Å². The summed E-state index contributed by atoms with van der Waals surface area (Å²) in [6.45, 7) is 16.8. The van der Waals surface area contributed by atoms with E-state index in [1.54, 1.807) is 20.1 Å². The first kappa shape index (κ1) is 38.8. The van der Waals surface area contributed by atoms with E-state index in [0.29, 0.717) is 0 Å². The molecule has 0 N–H and O–H groups in total. The molecule has 0 bridgehead atoms.